The number of hydrogen-bond donors (Lipinski definition) is 1. The topological polar surface area (TPSA) is 86.8 Å². The summed E-state index contributed by atoms with van der Waals surface area (Å²) in [4.78, 5) is 16.6. The number of aromatic nitrogens is 4. The summed E-state index contributed by atoms with van der Waals surface area (Å²) in [6, 6.07) is 7.79. The van der Waals surface area contributed by atoms with Gasteiger partial charge < -0.3 is 10.5 Å². The normalized spacial score (nSPS) is 10.7. The highest BCUT2D eigenvalue weighted by Crippen LogP contribution is 2.36. The molecule has 0 radical (unpaired) electrons. The smallest absolute Gasteiger partial charge is 0.193 e. The zero-order valence-corrected chi connectivity index (χ0v) is 11.5. The summed E-state index contributed by atoms with van der Waals surface area (Å²) >= 11 is 1.38. The second-order valence-electron chi connectivity index (χ2n) is 3.90. The van der Waals surface area contributed by atoms with Crippen molar-refractivity contribution >= 4 is 28.5 Å². The van der Waals surface area contributed by atoms with E-state index in [0.717, 1.165) is 15.9 Å². The third-order valence-corrected chi connectivity index (χ3v) is 3.71. The van der Waals surface area contributed by atoms with E-state index in [4.69, 9.17) is 10.5 Å². The summed E-state index contributed by atoms with van der Waals surface area (Å²) < 4.78 is 5.25. The molecule has 0 bridgehead atoms. The Morgan fingerprint density at radius 3 is 2.60 bits per heavy atom. The van der Waals surface area contributed by atoms with Crippen molar-refractivity contribution in [2.45, 2.75) is 10.1 Å². The SMILES string of the molecule is COc1c(N)ncnc1Sc1ncnc2ccccc12. The van der Waals surface area contributed by atoms with Gasteiger partial charge in [0, 0.05) is 5.39 Å². The molecule has 1 aromatic carbocycles. The average Bonchev–Trinajstić information content (AvgIpc) is 2.48. The van der Waals surface area contributed by atoms with Crippen LogP contribution in [0.2, 0.25) is 0 Å². The van der Waals surface area contributed by atoms with Crippen LogP contribution in [-0.4, -0.2) is 27.0 Å². The molecule has 2 N–H and O–H groups in total. The summed E-state index contributed by atoms with van der Waals surface area (Å²) in [5, 5.41) is 2.38. The fourth-order valence-electron chi connectivity index (χ4n) is 1.79. The molecular formula is C13H11N5OS. The summed E-state index contributed by atoms with van der Waals surface area (Å²) in [6.07, 6.45) is 2.94. The van der Waals surface area contributed by atoms with E-state index in [1.165, 1.54) is 31.5 Å². The Hall–Kier alpha value is -2.41. The van der Waals surface area contributed by atoms with Gasteiger partial charge in [-0.25, -0.2) is 19.9 Å². The van der Waals surface area contributed by atoms with E-state index in [0.29, 0.717) is 16.6 Å². The fraction of sp³-hybridized carbons (Fsp3) is 0.0769. The van der Waals surface area contributed by atoms with E-state index >= 15 is 0 Å². The predicted octanol–water partition coefficient (Wildman–Crippen LogP) is 2.16. The number of hydrogen-bond acceptors (Lipinski definition) is 7. The Morgan fingerprint density at radius 2 is 1.75 bits per heavy atom. The number of nitrogens with two attached hydrogens (primary N) is 1. The predicted molar refractivity (Wildman–Crippen MR) is 76.7 cm³/mol. The zero-order valence-electron chi connectivity index (χ0n) is 10.6. The van der Waals surface area contributed by atoms with Crippen molar-refractivity contribution in [3.8, 4) is 5.75 Å². The number of nitrogens with zero attached hydrogens (tertiary/aromatic N) is 4. The molecule has 3 rings (SSSR count). The van der Waals surface area contributed by atoms with Crippen molar-refractivity contribution in [3.63, 3.8) is 0 Å². The highest BCUT2D eigenvalue weighted by atomic mass is 32.2. The van der Waals surface area contributed by atoms with Crippen LogP contribution >= 0.6 is 11.8 Å². The molecule has 20 heavy (non-hydrogen) atoms. The number of benzene rings is 1. The van der Waals surface area contributed by atoms with E-state index in [1.54, 1.807) is 0 Å². The molecule has 0 amide bonds. The first kappa shape index (κ1) is 12.6. The molecule has 0 unspecified atom stereocenters. The van der Waals surface area contributed by atoms with Crippen LogP contribution in [-0.2, 0) is 0 Å². The van der Waals surface area contributed by atoms with Gasteiger partial charge >= 0.3 is 0 Å². The molecule has 0 aliphatic heterocycles. The number of nitrogen functional groups attached to an aromatic ring is 1. The van der Waals surface area contributed by atoms with E-state index in [1.807, 2.05) is 24.3 Å². The maximum atomic E-state index is 5.78. The van der Waals surface area contributed by atoms with Gasteiger partial charge in [-0.05, 0) is 17.8 Å². The Kier molecular flexibility index (Phi) is 3.34. The van der Waals surface area contributed by atoms with E-state index in [9.17, 15) is 0 Å². The van der Waals surface area contributed by atoms with Gasteiger partial charge in [0.05, 0.1) is 12.6 Å². The minimum absolute atomic E-state index is 0.309. The lowest BCUT2D eigenvalue weighted by Gasteiger charge is -2.08. The molecule has 2 heterocycles. The Morgan fingerprint density at radius 1 is 1.00 bits per heavy atom. The van der Waals surface area contributed by atoms with Crippen molar-refractivity contribution in [2.75, 3.05) is 12.8 Å². The second-order valence-corrected chi connectivity index (χ2v) is 4.87. The lowest BCUT2D eigenvalue weighted by molar-refractivity contribution is 0.401. The zero-order chi connectivity index (χ0) is 13.9. The van der Waals surface area contributed by atoms with Gasteiger partial charge in [-0.3, -0.25) is 0 Å². The molecular weight excluding hydrogens is 274 g/mol. The fourth-order valence-corrected chi connectivity index (χ4v) is 2.73. The van der Waals surface area contributed by atoms with Crippen molar-refractivity contribution in [1.29, 1.82) is 0 Å². The third kappa shape index (κ3) is 2.23. The first-order valence-corrected chi connectivity index (χ1v) is 6.63. The number of fused-ring (bicyclic) bond motifs is 1. The number of anilines is 1. The van der Waals surface area contributed by atoms with Gasteiger partial charge in [0.2, 0.25) is 0 Å². The van der Waals surface area contributed by atoms with E-state index < -0.39 is 0 Å². The highest BCUT2D eigenvalue weighted by Gasteiger charge is 2.13. The summed E-state index contributed by atoms with van der Waals surface area (Å²) in [7, 11) is 1.54. The minimum Gasteiger partial charge on any atom is -0.490 e. The van der Waals surface area contributed by atoms with Gasteiger partial charge in [0.1, 0.15) is 22.7 Å². The quantitative estimate of drug-likeness (QED) is 0.738. The maximum Gasteiger partial charge on any atom is 0.193 e. The van der Waals surface area contributed by atoms with E-state index in [-0.39, 0.29) is 0 Å². The van der Waals surface area contributed by atoms with E-state index in [2.05, 4.69) is 19.9 Å². The molecule has 0 saturated carbocycles. The Balaban J connectivity index is 2.08. The first-order valence-electron chi connectivity index (χ1n) is 5.81. The summed E-state index contributed by atoms with van der Waals surface area (Å²) in [5.41, 5.74) is 6.66. The Bertz CT molecular complexity index is 759. The monoisotopic (exact) mass is 285 g/mol. The largest absolute Gasteiger partial charge is 0.490 e. The van der Waals surface area contributed by atoms with Crippen molar-refractivity contribution in [2.24, 2.45) is 0 Å². The highest BCUT2D eigenvalue weighted by molar-refractivity contribution is 7.99. The van der Waals surface area contributed by atoms with Crippen LogP contribution < -0.4 is 10.5 Å². The lowest BCUT2D eigenvalue weighted by atomic mass is 10.2. The molecule has 0 fully saturated rings. The van der Waals surface area contributed by atoms with Crippen molar-refractivity contribution < 1.29 is 4.74 Å². The van der Waals surface area contributed by atoms with Gasteiger partial charge in [0.15, 0.2) is 11.6 Å². The molecule has 0 aliphatic rings. The van der Waals surface area contributed by atoms with Crippen LogP contribution in [0.4, 0.5) is 5.82 Å². The minimum atomic E-state index is 0.309. The standard InChI is InChI=1S/C13H11N5OS/c1-19-10-11(14)16-7-18-13(10)20-12-8-4-2-3-5-9(8)15-6-17-12/h2-7H,1H3,(H2,14,16,18). The molecule has 0 saturated heterocycles. The van der Waals surface area contributed by atoms with Crippen LogP contribution in [0.25, 0.3) is 10.9 Å². The van der Waals surface area contributed by atoms with Crippen LogP contribution in [0.1, 0.15) is 0 Å². The molecule has 0 atom stereocenters. The van der Waals surface area contributed by atoms with Crippen molar-refractivity contribution in [3.05, 3.63) is 36.9 Å². The Labute approximate surface area is 119 Å². The van der Waals surface area contributed by atoms with Crippen LogP contribution in [0.5, 0.6) is 5.75 Å². The summed E-state index contributed by atoms with van der Waals surface area (Å²) in [5.74, 6) is 0.767. The maximum absolute atomic E-state index is 5.78. The van der Waals surface area contributed by atoms with Gasteiger partial charge in [-0.15, -0.1) is 0 Å². The van der Waals surface area contributed by atoms with Crippen molar-refractivity contribution in [1.82, 2.24) is 19.9 Å². The van der Waals surface area contributed by atoms with Gasteiger partial charge in [-0.1, -0.05) is 18.2 Å². The molecule has 6 nitrogen and oxygen atoms in total. The van der Waals surface area contributed by atoms with Crippen LogP contribution in [0.3, 0.4) is 0 Å². The molecule has 0 spiro atoms. The number of methoxy groups -OCH3 is 1. The molecule has 0 aliphatic carbocycles. The number of para-hydroxylation sites is 1. The molecule has 3 aromatic rings. The van der Waals surface area contributed by atoms with Crippen LogP contribution in [0.15, 0.2) is 47.0 Å². The summed E-state index contributed by atoms with van der Waals surface area (Å²) in [6.45, 7) is 0. The molecule has 100 valence electrons. The average molecular weight is 285 g/mol. The first-order chi connectivity index (χ1) is 9.79. The van der Waals surface area contributed by atoms with Crippen LogP contribution in [0, 0.1) is 0 Å². The molecule has 2 aromatic heterocycles. The van der Waals surface area contributed by atoms with Gasteiger partial charge in [0.25, 0.3) is 0 Å². The lowest BCUT2D eigenvalue weighted by Crippen LogP contribution is -1.99. The third-order valence-electron chi connectivity index (χ3n) is 2.70. The number of ether oxygens (including phenoxy) is 1. The number of rotatable bonds is 3. The molecule has 7 heteroatoms. The van der Waals surface area contributed by atoms with Gasteiger partial charge in [-0.2, -0.15) is 0 Å². The second kappa shape index (κ2) is 5.30.